The average molecular weight is 289 g/mol. The van der Waals surface area contributed by atoms with E-state index in [0.717, 1.165) is 30.1 Å². The van der Waals surface area contributed by atoms with Crippen LogP contribution in [0.15, 0.2) is 0 Å². The van der Waals surface area contributed by atoms with Crippen LogP contribution in [0.5, 0.6) is 0 Å². The van der Waals surface area contributed by atoms with Gasteiger partial charge in [-0.1, -0.05) is 0 Å². The first-order chi connectivity index (χ1) is 9.94. The van der Waals surface area contributed by atoms with Gasteiger partial charge in [0, 0.05) is 5.54 Å². The van der Waals surface area contributed by atoms with Crippen molar-refractivity contribution in [2.45, 2.75) is 76.9 Å². The van der Waals surface area contributed by atoms with Crippen molar-refractivity contribution in [2.24, 2.45) is 17.8 Å². The average Bonchev–Trinajstić information content (AvgIpc) is 2.82. The number of nitrogens with zero attached hydrogens (tertiary/aromatic N) is 4. The van der Waals surface area contributed by atoms with Gasteiger partial charge in [0.25, 0.3) is 0 Å². The minimum Gasteiger partial charge on any atom is -0.305 e. The van der Waals surface area contributed by atoms with Gasteiger partial charge in [0.05, 0.1) is 12.1 Å². The zero-order valence-electron chi connectivity index (χ0n) is 13.5. The normalized spacial score (nSPS) is 38.1. The Balaban J connectivity index is 1.60. The van der Waals surface area contributed by atoms with Gasteiger partial charge in [-0.2, -0.15) is 0 Å². The van der Waals surface area contributed by atoms with Crippen LogP contribution in [0, 0.1) is 17.8 Å². The van der Waals surface area contributed by atoms with Gasteiger partial charge in [-0.15, -0.1) is 5.10 Å². The van der Waals surface area contributed by atoms with E-state index in [1.165, 1.54) is 38.5 Å². The molecule has 1 aromatic rings. The standard InChI is InChI=1S/C16H27N5/c1-15(2,3)17-10-14-18-19-20-21(14)16-7-11-4-12(8-16)6-13(5-11)9-16/h11-13,17H,4-10H2,1-3H3. The Bertz CT molecular complexity index is 492. The Kier molecular flexibility index (Phi) is 2.94. The van der Waals surface area contributed by atoms with Crippen molar-refractivity contribution < 1.29 is 0 Å². The van der Waals surface area contributed by atoms with Crippen LogP contribution in [0.3, 0.4) is 0 Å². The summed E-state index contributed by atoms with van der Waals surface area (Å²) in [6.45, 7) is 7.32. The van der Waals surface area contributed by atoms with Crippen LogP contribution in [0.1, 0.15) is 65.1 Å². The third-order valence-electron chi connectivity index (χ3n) is 5.77. The van der Waals surface area contributed by atoms with Crippen molar-refractivity contribution in [3.63, 3.8) is 0 Å². The summed E-state index contributed by atoms with van der Waals surface area (Å²) < 4.78 is 2.20. The molecule has 0 amide bonds. The lowest BCUT2D eigenvalue weighted by Gasteiger charge is -2.56. The molecule has 4 saturated carbocycles. The highest BCUT2D eigenvalue weighted by Crippen LogP contribution is 2.58. The Hall–Kier alpha value is -0.970. The van der Waals surface area contributed by atoms with Crippen molar-refractivity contribution >= 4 is 0 Å². The maximum absolute atomic E-state index is 4.42. The number of nitrogens with one attached hydrogen (secondary N) is 1. The fraction of sp³-hybridized carbons (Fsp3) is 0.938. The van der Waals surface area contributed by atoms with Crippen LogP contribution in [-0.4, -0.2) is 25.7 Å². The SMILES string of the molecule is CC(C)(C)NCc1nnnn1C12CC3CC(CC(C3)C1)C2. The molecule has 0 spiro atoms. The van der Waals surface area contributed by atoms with E-state index in [9.17, 15) is 0 Å². The molecule has 116 valence electrons. The molecule has 0 aromatic carbocycles. The Morgan fingerprint density at radius 2 is 1.67 bits per heavy atom. The highest BCUT2D eigenvalue weighted by molar-refractivity contribution is 5.06. The summed E-state index contributed by atoms with van der Waals surface area (Å²) in [5, 5.41) is 16.3. The molecule has 4 aliphatic rings. The molecule has 1 aromatic heterocycles. The van der Waals surface area contributed by atoms with Gasteiger partial charge in [0.1, 0.15) is 0 Å². The first-order valence-corrected chi connectivity index (χ1v) is 8.46. The second-order valence-electron chi connectivity index (χ2n) is 8.75. The molecule has 0 unspecified atom stereocenters. The number of hydrogen-bond acceptors (Lipinski definition) is 4. The number of tetrazole rings is 1. The van der Waals surface area contributed by atoms with Crippen LogP contribution in [0.25, 0.3) is 0 Å². The second-order valence-corrected chi connectivity index (χ2v) is 8.75. The summed E-state index contributed by atoms with van der Waals surface area (Å²) in [6.07, 6.45) is 8.26. The lowest BCUT2D eigenvalue weighted by Crippen LogP contribution is -2.53. The van der Waals surface area contributed by atoms with E-state index in [2.05, 4.69) is 46.3 Å². The van der Waals surface area contributed by atoms with E-state index in [1.807, 2.05) is 0 Å². The number of rotatable bonds is 3. The summed E-state index contributed by atoms with van der Waals surface area (Å²) in [7, 11) is 0. The quantitative estimate of drug-likeness (QED) is 0.929. The Labute approximate surface area is 126 Å². The minimum absolute atomic E-state index is 0.0955. The van der Waals surface area contributed by atoms with Crippen LogP contribution >= 0.6 is 0 Å². The molecule has 1 N–H and O–H groups in total. The van der Waals surface area contributed by atoms with Crippen LogP contribution in [0.4, 0.5) is 0 Å². The van der Waals surface area contributed by atoms with Gasteiger partial charge in [-0.3, -0.25) is 0 Å². The lowest BCUT2D eigenvalue weighted by molar-refractivity contribution is -0.0519. The molecule has 21 heavy (non-hydrogen) atoms. The van der Waals surface area contributed by atoms with Crippen LogP contribution < -0.4 is 5.32 Å². The molecule has 4 aliphatic carbocycles. The maximum atomic E-state index is 4.42. The van der Waals surface area contributed by atoms with Gasteiger partial charge < -0.3 is 5.32 Å². The van der Waals surface area contributed by atoms with E-state index < -0.39 is 0 Å². The van der Waals surface area contributed by atoms with E-state index in [4.69, 9.17) is 0 Å². The van der Waals surface area contributed by atoms with Crippen molar-refractivity contribution in [1.29, 1.82) is 0 Å². The smallest absolute Gasteiger partial charge is 0.165 e. The van der Waals surface area contributed by atoms with Crippen LogP contribution in [0.2, 0.25) is 0 Å². The predicted molar refractivity (Wildman–Crippen MR) is 80.6 cm³/mol. The number of aromatic nitrogens is 4. The summed E-state index contributed by atoms with van der Waals surface area (Å²) in [5.74, 6) is 3.78. The van der Waals surface area contributed by atoms with Crippen LogP contribution in [-0.2, 0) is 12.1 Å². The van der Waals surface area contributed by atoms with Gasteiger partial charge in [0.15, 0.2) is 5.82 Å². The molecular weight excluding hydrogens is 262 g/mol. The summed E-state index contributed by atoms with van der Waals surface area (Å²) in [6, 6.07) is 0. The van der Waals surface area contributed by atoms with E-state index >= 15 is 0 Å². The number of hydrogen-bond donors (Lipinski definition) is 1. The highest BCUT2D eigenvalue weighted by atomic mass is 15.6. The molecule has 5 heteroatoms. The monoisotopic (exact) mass is 289 g/mol. The molecule has 0 atom stereocenters. The van der Waals surface area contributed by atoms with Gasteiger partial charge in [-0.25, -0.2) is 4.68 Å². The second kappa shape index (κ2) is 4.51. The molecule has 5 rings (SSSR count). The zero-order chi connectivity index (χ0) is 14.7. The van der Waals surface area contributed by atoms with Crippen molar-refractivity contribution in [2.75, 3.05) is 0 Å². The molecular formula is C16H27N5. The summed E-state index contributed by atoms with van der Waals surface area (Å²) in [5.41, 5.74) is 0.325. The predicted octanol–water partition coefficient (Wildman–Crippen LogP) is 2.49. The largest absolute Gasteiger partial charge is 0.305 e. The lowest BCUT2D eigenvalue weighted by atomic mass is 9.53. The van der Waals surface area contributed by atoms with Crippen molar-refractivity contribution in [3.05, 3.63) is 5.82 Å². The minimum atomic E-state index is 0.0955. The summed E-state index contributed by atoms with van der Waals surface area (Å²) >= 11 is 0. The first-order valence-electron chi connectivity index (χ1n) is 8.46. The topological polar surface area (TPSA) is 55.6 Å². The molecule has 1 heterocycles. The van der Waals surface area contributed by atoms with Gasteiger partial charge in [-0.05, 0) is 87.5 Å². The van der Waals surface area contributed by atoms with E-state index in [0.29, 0.717) is 0 Å². The summed E-state index contributed by atoms with van der Waals surface area (Å²) in [4.78, 5) is 0. The van der Waals surface area contributed by atoms with Crippen molar-refractivity contribution in [1.82, 2.24) is 25.5 Å². The zero-order valence-corrected chi connectivity index (χ0v) is 13.5. The Morgan fingerprint density at radius 1 is 1.10 bits per heavy atom. The maximum Gasteiger partial charge on any atom is 0.165 e. The molecule has 5 nitrogen and oxygen atoms in total. The molecule has 0 aliphatic heterocycles. The molecule has 0 radical (unpaired) electrons. The molecule has 4 bridgehead atoms. The third-order valence-corrected chi connectivity index (χ3v) is 5.77. The Morgan fingerprint density at radius 3 is 2.19 bits per heavy atom. The molecule has 0 saturated heterocycles. The third kappa shape index (κ3) is 2.39. The van der Waals surface area contributed by atoms with E-state index in [1.54, 1.807) is 0 Å². The van der Waals surface area contributed by atoms with Crippen molar-refractivity contribution in [3.8, 4) is 0 Å². The molecule has 4 fully saturated rings. The van der Waals surface area contributed by atoms with Gasteiger partial charge in [0.2, 0.25) is 0 Å². The first kappa shape index (κ1) is 13.7. The fourth-order valence-corrected chi connectivity index (χ4v) is 5.35. The van der Waals surface area contributed by atoms with Gasteiger partial charge >= 0.3 is 0 Å². The highest BCUT2D eigenvalue weighted by Gasteiger charge is 2.53. The fourth-order valence-electron chi connectivity index (χ4n) is 5.35. The van der Waals surface area contributed by atoms with E-state index in [-0.39, 0.29) is 11.1 Å².